The Morgan fingerprint density at radius 3 is 2.08 bits per heavy atom. The first kappa shape index (κ1) is 28.4. The molecular weight excluding hydrogens is 490 g/mol. The molecule has 40 heavy (non-hydrogen) atoms. The van der Waals surface area contributed by atoms with Gasteiger partial charge in [-0.3, -0.25) is 4.79 Å². The number of unbranched alkanes of at least 4 members (excludes halogenated alkanes) is 2. The van der Waals surface area contributed by atoms with Gasteiger partial charge in [0.1, 0.15) is 0 Å². The van der Waals surface area contributed by atoms with Crippen molar-refractivity contribution in [2.24, 2.45) is 5.92 Å². The SMILES string of the molecule is CCCCCc1ccc(C(=O)N(Cc2ccc(N(C)Cc3ccccc3)cc2)C2CCN(CC3CC3)CC2)cc1. The lowest BCUT2D eigenvalue weighted by Gasteiger charge is -2.39. The van der Waals surface area contributed by atoms with Gasteiger partial charge < -0.3 is 14.7 Å². The average Bonchev–Trinajstić information content (AvgIpc) is 3.81. The van der Waals surface area contributed by atoms with Gasteiger partial charge >= 0.3 is 0 Å². The predicted octanol–water partition coefficient (Wildman–Crippen LogP) is 7.57. The lowest BCUT2D eigenvalue weighted by Crippen LogP contribution is -2.47. The maximum Gasteiger partial charge on any atom is 0.254 e. The molecule has 2 fully saturated rings. The summed E-state index contributed by atoms with van der Waals surface area (Å²) in [6.45, 7) is 7.22. The molecule has 4 nitrogen and oxygen atoms in total. The monoisotopic (exact) mass is 537 g/mol. The van der Waals surface area contributed by atoms with E-state index < -0.39 is 0 Å². The fourth-order valence-electron chi connectivity index (χ4n) is 6.01. The Hall–Kier alpha value is -3.11. The molecule has 212 valence electrons. The summed E-state index contributed by atoms with van der Waals surface area (Å²) in [7, 11) is 2.14. The molecule has 3 aromatic rings. The van der Waals surface area contributed by atoms with Crippen LogP contribution in [0.5, 0.6) is 0 Å². The first-order chi connectivity index (χ1) is 19.6. The van der Waals surface area contributed by atoms with Gasteiger partial charge in [0.15, 0.2) is 0 Å². The molecule has 1 saturated heterocycles. The fourth-order valence-corrected chi connectivity index (χ4v) is 6.01. The third kappa shape index (κ3) is 7.97. The molecular formula is C36H47N3O. The minimum Gasteiger partial charge on any atom is -0.370 e. The first-order valence-electron chi connectivity index (χ1n) is 15.6. The second-order valence-electron chi connectivity index (χ2n) is 12.1. The third-order valence-electron chi connectivity index (χ3n) is 8.73. The van der Waals surface area contributed by atoms with Crippen LogP contribution in [-0.2, 0) is 19.5 Å². The summed E-state index contributed by atoms with van der Waals surface area (Å²) in [6, 6.07) is 28.1. The molecule has 0 atom stereocenters. The molecule has 0 bridgehead atoms. The van der Waals surface area contributed by atoms with Gasteiger partial charge in [-0.15, -0.1) is 0 Å². The summed E-state index contributed by atoms with van der Waals surface area (Å²) < 4.78 is 0. The van der Waals surface area contributed by atoms with Crippen molar-refractivity contribution >= 4 is 11.6 Å². The molecule has 1 aliphatic carbocycles. The van der Waals surface area contributed by atoms with Crippen molar-refractivity contribution in [1.82, 2.24) is 9.80 Å². The molecule has 1 amide bonds. The highest BCUT2D eigenvalue weighted by atomic mass is 16.2. The van der Waals surface area contributed by atoms with E-state index in [0.717, 1.165) is 50.4 Å². The van der Waals surface area contributed by atoms with E-state index in [-0.39, 0.29) is 11.9 Å². The molecule has 3 aromatic carbocycles. The maximum absolute atomic E-state index is 14.0. The number of carbonyl (C=O) groups is 1. The van der Waals surface area contributed by atoms with Gasteiger partial charge in [0.2, 0.25) is 0 Å². The molecule has 0 unspecified atom stereocenters. The van der Waals surface area contributed by atoms with Crippen LogP contribution >= 0.6 is 0 Å². The van der Waals surface area contributed by atoms with Gasteiger partial charge in [0, 0.05) is 57.1 Å². The fraction of sp³-hybridized carbons (Fsp3) is 0.472. The molecule has 4 heteroatoms. The number of nitrogens with zero attached hydrogens (tertiary/aromatic N) is 3. The Kier molecular flexibility index (Phi) is 9.94. The van der Waals surface area contributed by atoms with Gasteiger partial charge in [-0.05, 0) is 85.4 Å². The number of amides is 1. The van der Waals surface area contributed by atoms with Crippen LogP contribution in [0.15, 0.2) is 78.9 Å². The van der Waals surface area contributed by atoms with Crippen LogP contribution in [0.3, 0.4) is 0 Å². The number of hydrogen-bond donors (Lipinski definition) is 0. The summed E-state index contributed by atoms with van der Waals surface area (Å²) in [4.78, 5) is 21.0. The smallest absolute Gasteiger partial charge is 0.254 e. The highest BCUT2D eigenvalue weighted by molar-refractivity contribution is 5.94. The minimum absolute atomic E-state index is 0.172. The molecule has 1 aliphatic heterocycles. The van der Waals surface area contributed by atoms with Gasteiger partial charge in [-0.1, -0.05) is 74.4 Å². The molecule has 0 spiro atoms. The number of benzene rings is 3. The number of carbonyl (C=O) groups excluding carboxylic acids is 1. The zero-order valence-corrected chi connectivity index (χ0v) is 24.6. The third-order valence-corrected chi connectivity index (χ3v) is 8.73. The summed E-state index contributed by atoms with van der Waals surface area (Å²) in [5, 5.41) is 0. The molecule has 0 radical (unpaired) electrons. The van der Waals surface area contributed by atoms with Crippen molar-refractivity contribution in [3.8, 4) is 0 Å². The highest BCUT2D eigenvalue weighted by Gasteiger charge is 2.31. The van der Waals surface area contributed by atoms with E-state index >= 15 is 0 Å². The van der Waals surface area contributed by atoms with E-state index in [1.807, 2.05) is 0 Å². The van der Waals surface area contributed by atoms with E-state index in [1.54, 1.807) is 0 Å². The summed E-state index contributed by atoms with van der Waals surface area (Å²) in [5.41, 5.74) is 5.84. The van der Waals surface area contributed by atoms with E-state index in [1.165, 1.54) is 61.0 Å². The van der Waals surface area contributed by atoms with E-state index in [2.05, 4.69) is 108 Å². The van der Waals surface area contributed by atoms with E-state index in [0.29, 0.717) is 6.54 Å². The second kappa shape index (κ2) is 14.0. The van der Waals surface area contributed by atoms with E-state index in [4.69, 9.17) is 0 Å². The number of likely N-dealkylation sites (tertiary alicyclic amines) is 1. The van der Waals surface area contributed by atoms with Crippen LogP contribution in [0.25, 0.3) is 0 Å². The molecule has 1 heterocycles. The first-order valence-corrected chi connectivity index (χ1v) is 15.6. The molecule has 1 saturated carbocycles. The van der Waals surface area contributed by atoms with Crippen LogP contribution in [0.2, 0.25) is 0 Å². The molecule has 0 aromatic heterocycles. The number of hydrogen-bond acceptors (Lipinski definition) is 3. The predicted molar refractivity (Wildman–Crippen MR) is 167 cm³/mol. The largest absolute Gasteiger partial charge is 0.370 e. The minimum atomic E-state index is 0.172. The Balaban J connectivity index is 1.27. The molecule has 0 N–H and O–H groups in total. The van der Waals surface area contributed by atoms with Crippen molar-refractivity contribution in [3.63, 3.8) is 0 Å². The highest BCUT2D eigenvalue weighted by Crippen LogP contribution is 2.31. The van der Waals surface area contributed by atoms with Gasteiger partial charge in [0.25, 0.3) is 5.91 Å². The van der Waals surface area contributed by atoms with Crippen molar-refractivity contribution < 1.29 is 4.79 Å². The zero-order chi connectivity index (χ0) is 27.7. The van der Waals surface area contributed by atoms with Crippen molar-refractivity contribution in [1.29, 1.82) is 0 Å². The van der Waals surface area contributed by atoms with Gasteiger partial charge in [0.05, 0.1) is 0 Å². The van der Waals surface area contributed by atoms with Crippen molar-refractivity contribution in [2.75, 3.05) is 31.6 Å². The van der Waals surface area contributed by atoms with Gasteiger partial charge in [-0.25, -0.2) is 0 Å². The Labute approximate surface area is 242 Å². The van der Waals surface area contributed by atoms with Crippen LogP contribution in [-0.4, -0.2) is 48.4 Å². The summed E-state index contributed by atoms with van der Waals surface area (Å²) in [6.07, 6.45) is 9.72. The summed E-state index contributed by atoms with van der Waals surface area (Å²) in [5.74, 6) is 1.09. The summed E-state index contributed by atoms with van der Waals surface area (Å²) >= 11 is 0. The average molecular weight is 538 g/mol. The Morgan fingerprint density at radius 2 is 1.43 bits per heavy atom. The number of rotatable bonds is 13. The zero-order valence-electron chi connectivity index (χ0n) is 24.6. The van der Waals surface area contributed by atoms with E-state index in [9.17, 15) is 4.79 Å². The van der Waals surface area contributed by atoms with Crippen molar-refractivity contribution in [2.45, 2.75) is 77.4 Å². The van der Waals surface area contributed by atoms with Gasteiger partial charge in [-0.2, -0.15) is 0 Å². The molecule has 2 aliphatic rings. The van der Waals surface area contributed by atoms with Crippen LogP contribution < -0.4 is 4.90 Å². The van der Waals surface area contributed by atoms with Crippen LogP contribution in [0.4, 0.5) is 5.69 Å². The number of piperidine rings is 1. The van der Waals surface area contributed by atoms with Crippen LogP contribution in [0.1, 0.15) is 78.9 Å². The molecule has 5 rings (SSSR count). The number of aryl methyl sites for hydroxylation is 1. The topological polar surface area (TPSA) is 26.8 Å². The normalized spacial score (nSPS) is 16.1. The quantitative estimate of drug-likeness (QED) is 0.210. The number of anilines is 1. The maximum atomic E-state index is 14.0. The Morgan fingerprint density at radius 1 is 0.775 bits per heavy atom. The second-order valence-corrected chi connectivity index (χ2v) is 12.1. The lowest BCUT2D eigenvalue weighted by atomic mass is 9.99. The Bertz CT molecular complexity index is 1180. The van der Waals surface area contributed by atoms with Crippen LogP contribution in [0, 0.1) is 5.92 Å². The van der Waals surface area contributed by atoms with Crippen molar-refractivity contribution in [3.05, 3.63) is 101 Å². The lowest BCUT2D eigenvalue weighted by molar-refractivity contribution is 0.0546. The standard InChI is InChI=1S/C36H47N3O/c1-3-4-6-9-29-14-18-33(19-15-29)36(40)39(35-22-24-38(25-23-35)27-31-12-13-31)28-32-16-20-34(21-17-32)37(2)26-30-10-7-5-8-11-30/h5,7-8,10-11,14-21,31,35H,3-4,6,9,12-13,22-28H2,1-2H3.